The highest BCUT2D eigenvalue weighted by Crippen LogP contribution is 2.22. The van der Waals surface area contributed by atoms with E-state index >= 15 is 0 Å². The van der Waals surface area contributed by atoms with E-state index in [2.05, 4.69) is 5.32 Å². The lowest BCUT2D eigenvalue weighted by atomic mass is 10.2. The molecule has 0 bridgehead atoms. The summed E-state index contributed by atoms with van der Waals surface area (Å²) in [4.78, 5) is 0. The van der Waals surface area contributed by atoms with E-state index in [0.717, 1.165) is 23.6 Å². The second-order valence-corrected chi connectivity index (χ2v) is 5.23. The van der Waals surface area contributed by atoms with Crippen molar-refractivity contribution in [3.05, 3.63) is 23.8 Å². The van der Waals surface area contributed by atoms with Crippen molar-refractivity contribution in [3.63, 3.8) is 0 Å². The molecule has 0 aliphatic carbocycles. The molecule has 4 nitrogen and oxygen atoms in total. The summed E-state index contributed by atoms with van der Waals surface area (Å²) < 4.78 is 21.3. The minimum atomic E-state index is -0.747. The van der Waals surface area contributed by atoms with Gasteiger partial charge in [-0.1, -0.05) is 0 Å². The number of ether oxygens (including phenoxy) is 2. The molecule has 0 aromatic heterocycles. The monoisotopic (exact) mass is 257 g/mol. The molecule has 17 heavy (non-hydrogen) atoms. The Morgan fingerprint density at radius 2 is 1.76 bits per heavy atom. The van der Waals surface area contributed by atoms with E-state index < -0.39 is 10.8 Å². The van der Waals surface area contributed by atoms with Crippen LogP contribution in [0, 0.1) is 0 Å². The van der Waals surface area contributed by atoms with Crippen molar-refractivity contribution in [2.75, 3.05) is 32.8 Å². The van der Waals surface area contributed by atoms with E-state index in [-0.39, 0.29) is 0 Å². The Labute approximate surface area is 105 Å². The molecule has 0 fully saturated rings. The van der Waals surface area contributed by atoms with Crippen LogP contribution >= 0.6 is 0 Å². The average Bonchev–Trinajstić information content (AvgIpc) is 2.34. The Kier molecular flexibility index (Phi) is 6.00. The van der Waals surface area contributed by atoms with Crippen LogP contribution in [0.4, 0.5) is 0 Å². The van der Waals surface area contributed by atoms with Gasteiger partial charge in [0.05, 0.1) is 14.2 Å². The van der Waals surface area contributed by atoms with Gasteiger partial charge in [0.15, 0.2) is 0 Å². The molecule has 1 unspecified atom stereocenters. The maximum atomic E-state index is 10.9. The molecule has 5 heteroatoms. The maximum absolute atomic E-state index is 10.9. The predicted octanol–water partition coefficient (Wildman–Crippen LogP) is 1.17. The molecule has 1 aromatic carbocycles. The molecule has 0 aliphatic heterocycles. The van der Waals surface area contributed by atoms with Crippen molar-refractivity contribution < 1.29 is 13.7 Å². The number of nitrogens with one attached hydrogen (secondary N) is 1. The first-order chi connectivity index (χ1) is 8.15. The standard InChI is InChI=1S/C12H19NO3S/c1-15-11-6-10(7-12(8-11)16-2)9-13-4-5-17(3)14/h6-8,13H,4-5,9H2,1-3H3. The Balaban J connectivity index is 2.54. The Hall–Kier alpha value is -1.07. The molecule has 0 saturated heterocycles. The molecule has 0 saturated carbocycles. The summed E-state index contributed by atoms with van der Waals surface area (Å²) in [5, 5.41) is 3.23. The molecule has 0 aliphatic rings. The Morgan fingerprint density at radius 3 is 2.24 bits per heavy atom. The lowest BCUT2D eigenvalue weighted by Gasteiger charge is -2.09. The summed E-state index contributed by atoms with van der Waals surface area (Å²) in [6.07, 6.45) is 1.70. The molecule has 1 atom stereocenters. The highest BCUT2D eigenvalue weighted by molar-refractivity contribution is 7.84. The van der Waals surface area contributed by atoms with Crippen LogP contribution < -0.4 is 14.8 Å². The van der Waals surface area contributed by atoms with Crippen LogP contribution in [0.5, 0.6) is 11.5 Å². The third-order valence-corrected chi connectivity index (χ3v) is 3.09. The molecular formula is C12H19NO3S. The summed E-state index contributed by atoms with van der Waals surface area (Å²) in [6.45, 7) is 1.45. The number of rotatable bonds is 7. The van der Waals surface area contributed by atoms with Gasteiger partial charge in [-0.2, -0.15) is 0 Å². The van der Waals surface area contributed by atoms with Crippen LogP contribution in [-0.4, -0.2) is 37.0 Å². The minimum absolute atomic E-state index is 0.668. The largest absolute Gasteiger partial charge is 0.497 e. The molecule has 0 radical (unpaired) electrons. The normalized spacial score (nSPS) is 12.2. The van der Waals surface area contributed by atoms with E-state index in [1.54, 1.807) is 20.5 Å². The smallest absolute Gasteiger partial charge is 0.122 e. The molecule has 1 rings (SSSR count). The van der Waals surface area contributed by atoms with E-state index in [4.69, 9.17) is 9.47 Å². The fraction of sp³-hybridized carbons (Fsp3) is 0.500. The minimum Gasteiger partial charge on any atom is -0.497 e. The van der Waals surface area contributed by atoms with Crippen LogP contribution in [0.25, 0.3) is 0 Å². The number of hydrogen-bond donors (Lipinski definition) is 1. The maximum Gasteiger partial charge on any atom is 0.122 e. The zero-order valence-electron chi connectivity index (χ0n) is 10.5. The first-order valence-corrected chi connectivity index (χ1v) is 7.11. The zero-order chi connectivity index (χ0) is 12.7. The number of benzene rings is 1. The van der Waals surface area contributed by atoms with Gasteiger partial charge < -0.3 is 14.8 Å². The van der Waals surface area contributed by atoms with E-state index in [1.165, 1.54) is 0 Å². The van der Waals surface area contributed by atoms with E-state index in [1.807, 2.05) is 18.2 Å². The van der Waals surface area contributed by atoms with Crippen molar-refractivity contribution in [2.24, 2.45) is 0 Å². The molecule has 0 spiro atoms. The van der Waals surface area contributed by atoms with Gasteiger partial charge in [0.25, 0.3) is 0 Å². The summed E-state index contributed by atoms with van der Waals surface area (Å²) in [5.74, 6) is 2.22. The van der Waals surface area contributed by atoms with Crippen LogP contribution in [0.3, 0.4) is 0 Å². The second-order valence-electron chi connectivity index (χ2n) is 3.68. The lowest BCUT2D eigenvalue weighted by Crippen LogP contribution is -2.19. The third-order valence-electron chi connectivity index (χ3n) is 2.31. The van der Waals surface area contributed by atoms with Crippen LogP contribution in [0.2, 0.25) is 0 Å². The SMILES string of the molecule is COc1cc(CNCCS(C)=O)cc(OC)c1. The van der Waals surface area contributed by atoms with Crippen LogP contribution in [-0.2, 0) is 17.3 Å². The highest BCUT2D eigenvalue weighted by Gasteiger charge is 2.01. The van der Waals surface area contributed by atoms with Crippen LogP contribution in [0.15, 0.2) is 18.2 Å². The molecule has 1 N–H and O–H groups in total. The van der Waals surface area contributed by atoms with Gasteiger partial charge in [-0.3, -0.25) is 4.21 Å². The first-order valence-electron chi connectivity index (χ1n) is 5.38. The number of hydrogen-bond acceptors (Lipinski definition) is 4. The van der Waals surface area contributed by atoms with Crippen LogP contribution in [0.1, 0.15) is 5.56 Å². The van der Waals surface area contributed by atoms with Gasteiger partial charge in [-0.25, -0.2) is 0 Å². The quantitative estimate of drug-likeness (QED) is 0.745. The Bertz CT molecular complexity index is 360. The first kappa shape index (κ1) is 14.0. The molecule has 0 heterocycles. The van der Waals surface area contributed by atoms with Crippen molar-refractivity contribution in [1.29, 1.82) is 0 Å². The lowest BCUT2D eigenvalue weighted by molar-refractivity contribution is 0.393. The molecule has 1 aromatic rings. The number of methoxy groups -OCH3 is 2. The van der Waals surface area contributed by atoms with Crippen molar-refractivity contribution in [3.8, 4) is 11.5 Å². The topological polar surface area (TPSA) is 47.6 Å². The van der Waals surface area contributed by atoms with Crippen molar-refractivity contribution in [2.45, 2.75) is 6.54 Å². The Morgan fingerprint density at radius 1 is 1.18 bits per heavy atom. The predicted molar refractivity (Wildman–Crippen MR) is 70.2 cm³/mol. The highest BCUT2D eigenvalue weighted by atomic mass is 32.2. The van der Waals surface area contributed by atoms with Crippen molar-refractivity contribution in [1.82, 2.24) is 5.32 Å². The summed E-state index contributed by atoms with van der Waals surface area (Å²) in [5.41, 5.74) is 1.09. The van der Waals surface area contributed by atoms with E-state index in [0.29, 0.717) is 12.3 Å². The fourth-order valence-corrected chi connectivity index (χ4v) is 1.85. The van der Waals surface area contributed by atoms with Gasteiger partial charge in [-0.15, -0.1) is 0 Å². The van der Waals surface area contributed by atoms with Crippen molar-refractivity contribution >= 4 is 10.8 Å². The average molecular weight is 257 g/mol. The summed E-state index contributed by atoms with van der Waals surface area (Å²) >= 11 is 0. The zero-order valence-corrected chi connectivity index (χ0v) is 11.3. The molecule has 96 valence electrons. The summed E-state index contributed by atoms with van der Waals surface area (Å²) in [7, 11) is 2.51. The van der Waals surface area contributed by atoms with Gasteiger partial charge in [0.1, 0.15) is 11.5 Å². The van der Waals surface area contributed by atoms with E-state index in [9.17, 15) is 4.21 Å². The second kappa shape index (κ2) is 7.29. The molecular weight excluding hydrogens is 238 g/mol. The van der Waals surface area contributed by atoms with Gasteiger partial charge in [0.2, 0.25) is 0 Å². The fourth-order valence-electron chi connectivity index (χ4n) is 1.42. The van der Waals surface area contributed by atoms with Gasteiger partial charge >= 0.3 is 0 Å². The molecule has 0 amide bonds. The van der Waals surface area contributed by atoms with Gasteiger partial charge in [-0.05, 0) is 17.7 Å². The van der Waals surface area contributed by atoms with Gasteiger partial charge in [0, 0.05) is 42.0 Å². The summed E-state index contributed by atoms with van der Waals surface area (Å²) in [6, 6.07) is 5.75. The third kappa shape index (κ3) is 5.19.